The Morgan fingerprint density at radius 1 is 1.29 bits per heavy atom. The lowest BCUT2D eigenvalue weighted by Crippen LogP contribution is -2.41. The molecule has 0 atom stereocenters. The predicted molar refractivity (Wildman–Crippen MR) is 64.0 cm³/mol. The molecule has 1 fully saturated rings. The van der Waals surface area contributed by atoms with Crippen molar-refractivity contribution in [2.45, 2.75) is 51.2 Å². The lowest BCUT2D eigenvalue weighted by atomic mass is 9.89. The Morgan fingerprint density at radius 3 is 2.21 bits per heavy atom. The third-order valence-corrected chi connectivity index (χ3v) is 7.43. The first kappa shape index (κ1) is 12.2. The molecule has 1 rings (SSSR count). The average molecular weight is 215 g/mol. The number of hydrogen-bond donors (Lipinski definition) is 2. The van der Waals surface area contributed by atoms with E-state index >= 15 is 0 Å². The molecule has 0 aromatic carbocycles. The van der Waals surface area contributed by atoms with Gasteiger partial charge in [0, 0.05) is 0 Å². The van der Waals surface area contributed by atoms with Gasteiger partial charge in [0.05, 0.1) is 0 Å². The van der Waals surface area contributed by atoms with Gasteiger partial charge in [-0.25, -0.2) is 0 Å². The maximum absolute atomic E-state index is 10.2. The van der Waals surface area contributed by atoms with Gasteiger partial charge < -0.3 is 10.1 Å². The average Bonchev–Trinajstić information content (AvgIpc) is 2.03. The van der Waals surface area contributed by atoms with E-state index in [9.17, 15) is 4.80 Å². The van der Waals surface area contributed by atoms with Crippen molar-refractivity contribution in [2.24, 2.45) is 5.92 Å². The fourth-order valence-corrected chi connectivity index (χ4v) is 2.85. The van der Waals surface area contributed by atoms with Gasteiger partial charge >= 0.3 is 0 Å². The summed E-state index contributed by atoms with van der Waals surface area (Å²) in [5, 5.41) is 3.55. The number of nitrogens with one attached hydrogen (secondary N) is 1. The molecule has 14 heavy (non-hydrogen) atoms. The molecular formula is C11H25NOSi. The predicted octanol–water partition coefficient (Wildman–Crippen LogP) is 2.35. The summed E-state index contributed by atoms with van der Waals surface area (Å²) >= 11 is 0. The molecule has 0 amide bonds. The molecule has 0 aliphatic carbocycles. The monoisotopic (exact) mass is 215 g/mol. The Labute approximate surface area is 89.2 Å². The van der Waals surface area contributed by atoms with Crippen LogP contribution in [0.2, 0.25) is 18.1 Å². The summed E-state index contributed by atoms with van der Waals surface area (Å²) in [5.41, 5.74) is 0. The van der Waals surface area contributed by atoms with E-state index in [2.05, 4.69) is 32.3 Å². The van der Waals surface area contributed by atoms with Crippen LogP contribution in [0.25, 0.3) is 0 Å². The van der Waals surface area contributed by atoms with Gasteiger partial charge in [-0.15, -0.1) is 0 Å². The normalized spacial score (nSPS) is 21.2. The molecule has 0 unspecified atom stereocenters. The first-order valence-corrected chi connectivity index (χ1v) is 8.71. The van der Waals surface area contributed by atoms with Crippen LogP contribution < -0.4 is 5.32 Å². The molecule has 3 heteroatoms. The van der Waals surface area contributed by atoms with E-state index < -0.39 is 8.32 Å². The highest BCUT2D eigenvalue weighted by molar-refractivity contribution is 6.72. The van der Waals surface area contributed by atoms with E-state index in [1.54, 1.807) is 0 Å². The van der Waals surface area contributed by atoms with Crippen LogP contribution in [0, 0.1) is 5.92 Å². The summed E-state index contributed by atoms with van der Waals surface area (Å²) in [5.74, 6) is 0.824. The zero-order chi connectivity index (χ0) is 10.8. The van der Waals surface area contributed by atoms with Crippen molar-refractivity contribution in [1.29, 1.82) is 0 Å². The smallest absolute Gasteiger partial charge is 0.188 e. The highest BCUT2D eigenvalue weighted by atomic mass is 28.4. The van der Waals surface area contributed by atoms with E-state index in [0.717, 1.165) is 19.0 Å². The number of rotatable bonds is 3. The van der Waals surface area contributed by atoms with Gasteiger partial charge in [-0.1, -0.05) is 13.8 Å². The molecule has 84 valence electrons. The molecule has 0 aromatic heterocycles. The molecule has 0 bridgehead atoms. The molecule has 0 saturated carbocycles. The van der Waals surface area contributed by atoms with Gasteiger partial charge in [0.1, 0.15) is 0 Å². The molecule has 1 heterocycles. The lowest BCUT2D eigenvalue weighted by molar-refractivity contribution is 0.305. The van der Waals surface area contributed by atoms with Crippen molar-refractivity contribution >= 4 is 8.32 Å². The van der Waals surface area contributed by atoms with Crippen LogP contribution in [-0.2, 0) is 0 Å². The quantitative estimate of drug-likeness (QED) is 0.708. The highest BCUT2D eigenvalue weighted by Gasteiger charge is 2.39. The molecular weight excluding hydrogens is 190 g/mol. The second-order valence-electron chi connectivity index (χ2n) is 5.84. The van der Waals surface area contributed by atoms with E-state index in [4.69, 9.17) is 0 Å². The van der Waals surface area contributed by atoms with Crippen LogP contribution in [-0.4, -0.2) is 26.2 Å². The van der Waals surface area contributed by atoms with Crippen LogP contribution in [0.5, 0.6) is 0 Å². The standard InChI is InChI=1S/C11H25NOSi/c1-11(2,14(3,4)13)9-10-5-7-12-8-6-10/h10,12-13H,5-9H2,1-4H3. The van der Waals surface area contributed by atoms with Crippen LogP contribution in [0.1, 0.15) is 33.1 Å². The summed E-state index contributed by atoms with van der Waals surface area (Å²) in [6.07, 6.45) is 3.77. The third-order valence-electron chi connectivity index (χ3n) is 3.91. The molecule has 1 aliphatic heterocycles. The summed E-state index contributed by atoms with van der Waals surface area (Å²) < 4.78 is 0. The number of piperidine rings is 1. The topological polar surface area (TPSA) is 32.3 Å². The zero-order valence-corrected chi connectivity index (χ0v) is 11.1. The van der Waals surface area contributed by atoms with Crippen LogP contribution in [0.15, 0.2) is 0 Å². The SMILES string of the molecule is CC(C)(CC1CCNCC1)[Si](C)(C)O. The van der Waals surface area contributed by atoms with Crippen LogP contribution in [0.4, 0.5) is 0 Å². The minimum Gasteiger partial charge on any atom is -0.432 e. The summed E-state index contributed by atoms with van der Waals surface area (Å²) in [7, 11) is -1.99. The van der Waals surface area contributed by atoms with Crippen LogP contribution >= 0.6 is 0 Å². The zero-order valence-electron chi connectivity index (χ0n) is 10.1. The van der Waals surface area contributed by atoms with Crippen molar-refractivity contribution in [3.8, 4) is 0 Å². The van der Waals surface area contributed by atoms with Gasteiger partial charge in [0.2, 0.25) is 0 Å². The van der Waals surface area contributed by atoms with E-state index in [0.29, 0.717) is 0 Å². The van der Waals surface area contributed by atoms with Crippen molar-refractivity contribution in [1.82, 2.24) is 5.32 Å². The van der Waals surface area contributed by atoms with E-state index in [-0.39, 0.29) is 5.04 Å². The van der Waals surface area contributed by atoms with Crippen molar-refractivity contribution in [3.63, 3.8) is 0 Å². The Morgan fingerprint density at radius 2 is 1.79 bits per heavy atom. The maximum Gasteiger partial charge on any atom is 0.188 e. The minimum atomic E-state index is -1.99. The molecule has 2 nitrogen and oxygen atoms in total. The largest absolute Gasteiger partial charge is 0.432 e. The second kappa shape index (κ2) is 4.33. The second-order valence-corrected chi connectivity index (χ2v) is 10.3. The summed E-state index contributed by atoms with van der Waals surface area (Å²) in [6, 6.07) is 0. The Balaban J connectivity index is 2.49. The van der Waals surface area contributed by atoms with E-state index in [1.807, 2.05) is 0 Å². The molecule has 1 saturated heterocycles. The number of hydrogen-bond acceptors (Lipinski definition) is 2. The van der Waals surface area contributed by atoms with Gasteiger partial charge in [0.25, 0.3) is 0 Å². The molecule has 0 aromatic rings. The lowest BCUT2D eigenvalue weighted by Gasteiger charge is -2.39. The maximum atomic E-state index is 10.2. The molecule has 2 N–H and O–H groups in total. The Bertz CT molecular complexity index is 180. The third kappa shape index (κ3) is 3.07. The van der Waals surface area contributed by atoms with E-state index in [1.165, 1.54) is 19.3 Å². The van der Waals surface area contributed by atoms with Crippen LogP contribution in [0.3, 0.4) is 0 Å². The fraction of sp³-hybridized carbons (Fsp3) is 1.00. The Kier molecular flexibility index (Phi) is 3.78. The molecule has 1 aliphatic rings. The van der Waals surface area contributed by atoms with Crippen molar-refractivity contribution < 1.29 is 4.80 Å². The van der Waals surface area contributed by atoms with Crippen molar-refractivity contribution in [3.05, 3.63) is 0 Å². The van der Waals surface area contributed by atoms with Gasteiger partial charge in [0.15, 0.2) is 8.32 Å². The fourth-order valence-electron chi connectivity index (χ4n) is 2.06. The van der Waals surface area contributed by atoms with Gasteiger partial charge in [-0.3, -0.25) is 0 Å². The molecule has 0 spiro atoms. The first-order valence-electron chi connectivity index (χ1n) is 5.76. The highest BCUT2D eigenvalue weighted by Crippen LogP contribution is 2.43. The minimum absolute atomic E-state index is 0.162. The van der Waals surface area contributed by atoms with Gasteiger partial charge in [-0.05, 0) is 56.4 Å². The summed E-state index contributed by atoms with van der Waals surface area (Å²) in [4.78, 5) is 10.2. The molecule has 0 radical (unpaired) electrons. The summed E-state index contributed by atoms with van der Waals surface area (Å²) in [6.45, 7) is 10.9. The first-order chi connectivity index (χ1) is 6.33. The van der Waals surface area contributed by atoms with Crippen molar-refractivity contribution in [2.75, 3.05) is 13.1 Å². The Hall–Kier alpha value is 0.137. The van der Waals surface area contributed by atoms with Gasteiger partial charge in [-0.2, -0.15) is 0 Å².